The average Bonchev–Trinajstić information content (AvgIpc) is 2.79. The maximum atomic E-state index is 14.7. The van der Waals surface area contributed by atoms with Crippen LogP contribution in [0.1, 0.15) is 13.8 Å². The fourth-order valence-electron chi connectivity index (χ4n) is 3.83. The van der Waals surface area contributed by atoms with Gasteiger partial charge in [0.15, 0.2) is 17.9 Å². The Labute approximate surface area is 201 Å². The summed E-state index contributed by atoms with van der Waals surface area (Å²) in [6.45, 7) is 8.90. The van der Waals surface area contributed by atoms with Crippen molar-refractivity contribution in [2.45, 2.75) is 20.1 Å². The minimum absolute atomic E-state index is 0. The first kappa shape index (κ1) is 26.1. The van der Waals surface area contributed by atoms with Crippen LogP contribution < -0.4 is 9.64 Å². The van der Waals surface area contributed by atoms with Crippen LogP contribution in [0.3, 0.4) is 0 Å². The number of nitrogens with zero attached hydrogens (tertiary/aromatic N) is 3. The molecule has 2 aromatic carbocycles. The maximum Gasteiger partial charge on any atom is 0.196 e. The van der Waals surface area contributed by atoms with Crippen LogP contribution in [0.2, 0.25) is 0 Å². The molecule has 0 saturated carbocycles. The van der Waals surface area contributed by atoms with Crippen LogP contribution in [0.5, 0.6) is 5.75 Å². The van der Waals surface area contributed by atoms with Crippen molar-refractivity contribution in [3.63, 3.8) is 0 Å². The zero-order chi connectivity index (χ0) is 21.1. The molecule has 0 N–H and O–H groups in total. The molecule has 0 spiro atoms. The number of hydrogen-bond acceptors (Lipinski definition) is 5. The molecule has 1 aromatic heterocycles. The highest BCUT2D eigenvalue weighted by molar-refractivity contribution is 5.95. The van der Waals surface area contributed by atoms with E-state index in [4.69, 9.17) is 14.5 Å². The number of pyridine rings is 1. The first-order valence-electron chi connectivity index (χ1n) is 10.5. The lowest BCUT2D eigenvalue weighted by atomic mass is 10.1. The van der Waals surface area contributed by atoms with Gasteiger partial charge in [-0.3, -0.25) is 0 Å². The van der Waals surface area contributed by atoms with E-state index in [9.17, 15) is 4.39 Å². The van der Waals surface area contributed by atoms with Gasteiger partial charge in [-0.25, -0.2) is 9.37 Å². The summed E-state index contributed by atoms with van der Waals surface area (Å²) in [7, 11) is 1.53. The highest BCUT2D eigenvalue weighted by Crippen LogP contribution is 2.32. The number of hydrogen-bond donors (Lipinski definition) is 0. The van der Waals surface area contributed by atoms with Crippen molar-refractivity contribution in [2.75, 3.05) is 44.7 Å². The SMILES string of the molecule is CCN1CCN(c2nc(-c3ccc(OC(C)OC)c(F)c3)cc3ccccc23)CC1.Cl.Cl. The van der Waals surface area contributed by atoms with Gasteiger partial charge in [0, 0.05) is 44.2 Å². The van der Waals surface area contributed by atoms with Gasteiger partial charge in [0.1, 0.15) is 5.82 Å². The van der Waals surface area contributed by atoms with Crippen molar-refractivity contribution in [3.05, 3.63) is 54.3 Å². The van der Waals surface area contributed by atoms with E-state index >= 15 is 0 Å². The normalized spacial score (nSPS) is 15.1. The van der Waals surface area contributed by atoms with Crippen molar-refractivity contribution in [1.82, 2.24) is 9.88 Å². The lowest BCUT2D eigenvalue weighted by Crippen LogP contribution is -2.46. The van der Waals surface area contributed by atoms with Gasteiger partial charge in [-0.2, -0.15) is 0 Å². The molecule has 1 unspecified atom stereocenters. The lowest BCUT2D eigenvalue weighted by molar-refractivity contribution is -0.0403. The van der Waals surface area contributed by atoms with Gasteiger partial charge in [-0.1, -0.05) is 31.2 Å². The Hall–Kier alpha value is -2.12. The standard InChI is InChI=1S/C24H28FN3O2.2ClH/c1-4-27-11-13-28(14-12-27)24-20-8-6-5-7-18(20)16-22(26-24)19-9-10-23(21(25)15-19)30-17(2)29-3;;/h5-10,15-17H,4,11-14H2,1-3H3;2*1H. The quantitative estimate of drug-likeness (QED) is 0.440. The summed E-state index contributed by atoms with van der Waals surface area (Å²) in [6, 6.07) is 15.2. The fourth-order valence-corrected chi connectivity index (χ4v) is 3.83. The molecule has 3 aromatic rings. The van der Waals surface area contributed by atoms with Gasteiger partial charge in [0.05, 0.1) is 5.69 Å². The predicted molar refractivity (Wildman–Crippen MR) is 133 cm³/mol. The second-order valence-corrected chi connectivity index (χ2v) is 7.54. The Morgan fingerprint density at radius 3 is 2.41 bits per heavy atom. The van der Waals surface area contributed by atoms with Gasteiger partial charge in [-0.05, 0) is 43.1 Å². The van der Waals surface area contributed by atoms with Crippen LogP contribution in [-0.2, 0) is 4.74 Å². The monoisotopic (exact) mass is 481 g/mol. The van der Waals surface area contributed by atoms with Gasteiger partial charge >= 0.3 is 0 Å². The number of rotatable bonds is 6. The molecular weight excluding hydrogens is 452 g/mol. The van der Waals surface area contributed by atoms with Gasteiger partial charge in [-0.15, -0.1) is 24.8 Å². The molecule has 0 amide bonds. The maximum absolute atomic E-state index is 14.7. The molecule has 0 bridgehead atoms. The van der Waals surface area contributed by atoms with Crippen LogP contribution in [0.15, 0.2) is 48.5 Å². The number of likely N-dealkylation sites (N-methyl/N-ethyl adjacent to an activating group) is 1. The summed E-state index contributed by atoms with van der Waals surface area (Å²) >= 11 is 0. The largest absolute Gasteiger partial charge is 0.462 e. The third kappa shape index (κ3) is 5.62. The van der Waals surface area contributed by atoms with Crippen LogP contribution >= 0.6 is 24.8 Å². The summed E-state index contributed by atoms with van der Waals surface area (Å²) in [5.74, 6) is 0.710. The Balaban J connectivity index is 0.00000181. The first-order chi connectivity index (χ1) is 14.6. The topological polar surface area (TPSA) is 37.8 Å². The first-order valence-corrected chi connectivity index (χ1v) is 10.5. The van der Waals surface area contributed by atoms with Crippen molar-refractivity contribution >= 4 is 41.4 Å². The van der Waals surface area contributed by atoms with Crippen LogP contribution in [-0.4, -0.2) is 56.0 Å². The molecule has 0 aliphatic carbocycles. The Bertz CT molecular complexity index is 1030. The highest BCUT2D eigenvalue weighted by atomic mass is 35.5. The van der Waals surface area contributed by atoms with Gasteiger partial charge in [0.25, 0.3) is 0 Å². The van der Waals surface area contributed by atoms with E-state index in [-0.39, 0.29) is 30.6 Å². The van der Waals surface area contributed by atoms with E-state index < -0.39 is 12.1 Å². The molecule has 4 rings (SSSR count). The Kier molecular flexibility index (Phi) is 9.52. The second-order valence-electron chi connectivity index (χ2n) is 7.54. The van der Waals surface area contributed by atoms with Gasteiger partial charge < -0.3 is 19.3 Å². The molecular formula is C24H30Cl2FN3O2. The molecule has 1 fully saturated rings. The molecule has 8 heteroatoms. The summed E-state index contributed by atoms with van der Waals surface area (Å²) in [6.07, 6.45) is -0.516. The minimum Gasteiger partial charge on any atom is -0.462 e. The Morgan fingerprint density at radius 1 is 1.03 bits per heavy atom. The number of piperazine rings is 1. The molecule has 1 aliphatic rings. The molecule has 0 radical (unpaired) electrons. The molecule has 1 aliphatic heterocycles. The van der Waals surface area contributed by atoms with Crippen LogP contribution in [0.4, 0.5) is 10.2 Å². The van der Waals surface area contributed by atoms with Crippen LogP contribution in [0.25, 0.3) is 22.0 Å². The fraction of sp³-hybridized carbons (Fsp3) is 0.375. The second kappa shape index (κ2) is 11.7. The zero-order valence-electron chi connectivity index (χ0n) is 18.6. The number of fused-ring (bicyclic) bond motifs is 1. The summed E-state index contributed by atoms with van der Waals surface area (Å²) in [4.78, 5) is 9.75. The highest BCUT2D eigenvalue weighted by Gasteiger charge is 2.20. The van der Waals surface area contributed by atoms with E-state index in [1.807, 2.05) is 24.3 Å². The van der Waals surface area contributed by atoms with Crippen molar-refractivity contribution in [1.29, 1.82) is 0 Å². The molecule has 32 heavy (non-hydrogen) atoms. The summed E-state index contributed by atoms with van der Waals surface area (Å²) in [5.41, 5.74) is 1.48. The van der Waals surface area contributed by atoms with E-state index in [2.05, 4.69) is 28.9 Å². The van der Waals surface area contributed by atoms with Crippen molar-refractivity contribution in [2.24, 2.45) is 0 Å². The Morgan fingerprint density at radius 2 is 1.75 bits per heavy atom. The number of halogens is 3. The van der Waals surface area contributed by atoms with E-state index in [1.54, 1.807) is 13.0 Å². The molecule has 5 nitrogen and oxygen atoms in total. The zero-order valence-corrected chi connectivity index (χ0v) is 20.2. The number of methoxy groups -OCH3 is 1. The molecule has 1 atom stereocenters. The van der Waals surface area contributed by atoms with E-state index in [0.717, 1.165) is 60.6 Å². The van der Waals surface area contributed by atoms with Crippen molar-refractivity contribution < 1.29 is 13.9 Å². The van der Waals surface area contributed by atoms with Gasteiger partial charge in [0.2, 0.25) is 0 Å². The third-order valence-corrected chi connectivity index (χ3v) is 5.69. The molecule has 2 heterocycles. The number of benzene rings is 2. The summed E-state index contributed by atoms with van der Waals surface area (Å²) < 4.78 is 25.2. The lowest BCUT2D eigenvalue weighted by Gasteiger charge is -2.35. The molecule has 174 valence electrons. The smallest absolute Gasteiger partial charge is 0.196 e. The number of anilines is 1. The van der Waals surface area contributed by atoms with Crippen LogP contribution in [0, 0.1) is 5.82 Å². The minimum atomic E-state index is -0.516. The molecule has 1 saturated heterocycles. The average molecular weight is 482 g/mol. The number of ether oxygens (including phenoxy) is 2. The number of aromatic nitrogens is 1. The van der Waals surface area contributed by atoms with E-state index in [1.165, 1.54) is 13.2 Å². The van der Waals surface area contributed by atoms with Crippen molar-refractivity contribution in [3.8, 4) is 17.0 Å². The summed E-state index contributed by atoms with van der Waals surface area (Å²) in [5, 5.41) is 2.23. The predicted octanol–water partition coefficient (Wildman–Crippen LogP) is 5.40. The third-order valence-electron chi connectivity index (χ3n) is 5.69. The van der Waals surface area contributed by atoms with E-state index in [0.29, 0.717) is 0 Å².